The van der Waals surface area contributed by atoms with E-state index in [9.17, 15) is 22.4 Å². The molecule has 0 aromatic carbocycles. The fourth-order valence-corrected chi connectivity index (χ4v) is 2.93. The number of amides is 1. The molecule has 0 bridgehead atoms. The van der Waals surface area contributed by atoms with Crippen molar-refractivity contribution in [2.24, 2.45) is 0 Å². The highest BCUT2D eigenvalue weighted by Crippen LogP contribution is 2.25. The predicted octanol–water partition coefficient (Wildman–Crippen LogP) is 1.90. The largest absolute Gasteiger partial charge is 0.470 e. The van der Waals surface area contributed by atoms with Gasteiger partial charge in [0.1, 0.15) is 0 Å². The smallest absolute Gasteiger partial charge is 0.340 e. The van der Waals surface area contributed by atoms with E-state index >= 15 is 0 Å². The number of carbonyl (C=O) groups excluding carboxylic acids is 1. The van der Waals surface area contributed by atoms with E-state index in [4.69, 9.17) is 9.84 Å². The summed E-state index contributed by atoms with van der Waals surface area (Å²) >= 11 is 0. The number of carbonyl (C=O) groups is 1. The molecule has 2 N–H and O–H groups in total. The van der Waals surface area contributed by atoms with Crippen LogP contribution in [0.1, 0.15) is 23.4 Å². The number of hydrogen-bond acceptors (Lipinski definition) is 7. The number of alkyl halides is 4. The Labute approximate surface area is 185 Å². The fourth-order valence-electron chi connectivity index (χ4n) is 2.93. The molecule has 0 unspecified atom stereocenters. The van der Waals surface area contributed by atoms with Gasteiger partial charge in [0.2, 0.25) is 11.8 Å². The zero-order valence-electron chi connectivity index (χ0n) is 17.6. The number of ether oxygens (including phenoxy) is 1. The SMILES string of the molecule is Cc1cc(Cn2cc3c(CC(=O)NCCCO)nccc3n2)nnc1OCC(F)(F)C(F)F. The summed E-state index contributed by atoms with van der Waals surface area (Å²) in [4.78, 5) is 16.3. The molecular weight excluding hydrogens is 448 g/mol. The van der Waals surface area contributed by atoms with E-state index in [0.29, 0.717) is 40.8 Å². The number of pyridine rings is 1. The van der Waals surface area contributed by atoms with Gasteiger partial charge in [0.25, 0.3) is 0 Å². The third-order valence-corrected chi connectivity index (χ3v) is 4.58. The monoisotopic (exact) mass is 470 g/mol. The lowest BCUT2D eigenvalue weighted by Crippen LogP contribution is -2.34. The van der Waals surface area contributed by atoms with Crippen molar-refractivity contribution < 1.29 is 32.2 Å². The quantitative estimate of drug-likeness (QED) is 0.325. The van der Waals surface area contributed by atoms with Crippen LogP contribution in [0.4, 0.5) is 17.6 Å². The van der Waals surface area contributed by atoms with E-state index in [1.807, 2.05) is 0 Å². The molecule has 33 heavy (non-hydrogen) atoms. The summed E-state index contributed by atoms with van der Waals surface area (Å²) in [5, 5.41) is 24.2. The Balaban J connectivity index is 1.69. The minimum atomic E-state index is -4.29. The second-order valence-corrected chi connectivity index (χ2v) is 7.30. The van der Waals surface area contributed by atoms with Gasteiger partial charge in [-0.1, -0.05) is 0 Å². The van der Waals surface area contributed by atoms with Gasteiger partial charge in [0, 0.05) is 36.5 Å². The van der Waals surface area contributed by atoms with Gasteiger partial charge in [0.15, 0.2) is 6.61 Å². The molecule has 0 aliphatic rings. The second kappa shape index (κ2) is 10.5. The minimum Gasteiger partial charge on any atom is -0.470 e. The summed E-state index contributed by atoms with van der Waals surface area (Å²) < 4.78 is 56.9. The summed E-state index contributed by atoms with van der Waals surface area (Å²) in [6, 6.07) is 3.22. The van der Waals surface area contributed by atoms with Gasteiger partial charge in [0.05, 0.1) is 29.9 Å². The predicted molar refractivity (Wildman–Crippen MR) is 108 cm³/mol. The van der Waals surface area contributed by atoms with Crippen molar-refractivity contribution in [1.82, 2.24) is 30.3 Å². The summed E-state index contributed by atoms with van der Waals surface area (Å²) in [7, 11) is 0. The highest BCUT2D eigenvalue weighted by Gasteiger charge is 2.42. The molecule has 0 spiro atoms. The van der Waals surface area contributed by atoms with Crippen LogP contribution in [-0.2, 0) is 17.8 Å². The average Bonchev–Trinajstić information content (AvgIpc) is 3.17. The third kappa shape index (κ3) is 6.34. The van der Waals surface area contributed by atoms with E-state index in [2.05, 4.69) is 25.6 Å². The maximum absolute atomic E-state index is 13.0. The van der Waals surface area contributed by atoms with Crippen LogP contribution in [0.2, 0.25) is 0 Å². The van der Waals surface area contributed by atoms with Gasteiger partial charge in [-0.15, -0.1) is 10.2 Å². The zero-order chi connectivity index (χ0) is 24.0. The molecule has 0 fully saturated rings. The van der Waals surface area contributed by atoms with Crippen LogP contribution >= 0.6 is 0 Å². The van der Waals surface area contributed by atoms with Crippen LogP contribution in [0.15, 0.2) is 24.5 Å². The van der Waals surface area contributed by atoms with Crippen molar-refractivity contribution in [3.63, 3.8) is 0 Å². The molecule has 0 radical (unpaired) electrons. The first-order chi connectivity index (χ1) is 15.7. The number of aliphatic hydroxyl groups excluding tert-OH is 1. The van der Waals surface area contributed by atoms with Crippen LogP contribution in [0.3, 0.4) is 0 Å². The number of fused-ring (bicyclic) bond motifs is 1. The van der Waals surface area contributed by atoms with Crippen molar-refractivity contribution in [2.45, 2.75) is 38.7 Å². The molecular formula is C20H22F4N6O3. The summed E-state index contributed by atoms with van der Waals surface area (Å²) in [5.41, 5.74) is 1.93. The van der Waals surface area contributed by atoms with E-state index < -0.39 is 19.0 Å². The molecule has 0 saturated carbocycles. The Kier molecular flexibility index (Phi) is 7.74. The summed E-state index contributed by atoms with van der Waals surface area (Å²) in [6.07, 6.45) is -0.0991. The minimum absolute atomic E-state index is 0.0153. The Hall–Kier alpha value is -3.35. The molecule has 0 aliphatic carbocycles. The maximum atomic E-state index is 13.0. The first kappa shape index (κ1) is 24.3. The number of nitrogens with zero attached hydrogens (tertiary/aromatic N) is 5. The number of nitrogens with one attached hydrogen (secondary N) is 1. The van der Waals surface area contributed by atoms with Crippen molar-refractivity contribution >= 4 is 16.8 Å². The Morgan fingerprint density at radius 1 is 1.33 bits per heavy atom. The van der Waals surface area contributed by atoms with Crippen molar-refractivity contribution in [2.75, 3.05) is 19.8 Å². The second-order valence-electron chi connectivity index (χ2n) is 7.30. The topological polar surface area (TPSA) is 115 Å². The van der Waals surface area contributed by atoms with Crippen molar-refractivity contribution in [3.8, 4) is 5.88 Å². The maximum Gasteiger partial charge on any atom is 0.340 e. The number of aliphatic hydroxyl groups is 1. The van der Waals surface area contributed by atoms with Crippen molar-refractivity contribution in [1.29, 1.82) is 0 Å². The zero-order valence-corrected chi connectivity index (χ0v) is 17.6. The van der Waals surface area contributed by atoms with Gasteiger partial charge in [-0.25, -0.2) is 8.78 Å². The van der Waals surface area contributed by atoms with E-state index in [1.165, 1.54) is 13.0 Å². The number of rotatable bonds is 11. The molecule has 3 rings (SSSR count). The van der Waals surface area contributed by atoms with E-state index in [1.54, 1.807) is 23.1 Å². The number of halogens is 4. The Bertz CT molecular complexity index is 1110. The van der Waals surface area contributed by atoms with Crippen LogP contribution in [0, 0.1) is 6.92 Å². The van der Waals surface area contributed by atoms with Gasteiger partial charge in [-0.05, 0) is 25.5 Å². The number of hydrogen-bond donors (Lipinski definition) is 2. The molecule has 178 valence electrons. The Morgan fingerprint density at radius 2 is 2.12 bits per heavy atom. The van der Waals surface area contributed by atoms with Crippen LogP contribution in [0.5, 0.6) is 5.88 Å². The first-order valence-corrected chi connectivity index (χ1v) is 10.00. The normalized spacial score (nSPS) is 11.8. The molecule has 3 aromatic rings. The summed E-state index contributed by atoms with van der Waals surface area (Å²) in [6.45, 7) is 0.553. The first-order valence-electron chi connectivity index (χ1n) is 10.00. The van der Waals surface area contributed by atoms with Crippen LogP contribution in [-0.4, -0.2) is 68.1 Å². The molecule has 9 nitrogen and oxygen atoms in total. The van der Waals surface area contributed by atoms with Crippen LogP contribution in [0.25, 0.3) is 10.9 Å². The number of aromatic nitrogens is 5. The highest BCUT2D eigenvalue weighted by atomic mass is 19.3. The molecule has 0 saturated heterocycles. The molecule has 3 aromatic heterocycles. The highest BCUT2D eigenvalue weighted by molar-refractivity contribution is 5.86. The summed E-state index contributed by atoms with van der Waals surface area (Å²) in [5.74, 6) is -4.78. The number of aryl methyl sites for hydroxylation is 1. The van der Waals surface area contributed by atoms with Gasteiger partial charge < -0.3 is 15.2 Å². The molecule has 0 aliphatic heterocycles. The lowest BCUT2D eigenvalue weighted by molar-refractivity contribution is -0.148. The molecule has 13 heteroatoms. The molecule has 0 atom stereocenters. The van der Waals surface area contributed by atoms with Gasteiger partial charge in [-0.2, -0.15) is 13.9 Å². The average molecular weight is 470 g/mol. The van der Waals surface area contributed by atoms with Crippen molar-refractivity contribution in [3.05, 3.63) is 41.5 Å². The fraction of sp³-hybridized carbons (Fsp3) is 0.450. The Morgan fingerprint density at radius 3 is 2.82 bits per heavy atom. The van der Waals surface area contributed by atoms with E-state index in [0.717, 1.165) is 0 Å². The molecule has 1 amide bonds. The van der Waals surface area contributed by atoms with Gasteiger partial charge >= 0.3 is 12.3 Å². The van der Waals surface area contributed by atoms with Gasteiger partial charge in [-0.3, -0.25) is 14.5 Å². The lowest BCUT2D eigenvalue weighted by Gasteiger charge is -2.16. The lowest BCUT2D eigenvalue weighted by atomic mass is 10.2. The third-order valence-electron chi connectivity index (χ3n) is 4.58. The van der Waals surface area contributed by atoms with Crippen LogP contribution < -0.4 is 10.1 Å². The molecule has 3 heterocycles. The standard InChI is InChI=1S/C20H22F4N6O3/c1-12-7-13(27-28-18(12)33-11-20(23,24)19(21)22)9-30-10-14-15(29-30)3-5-25-16(14)8-17(32)26-4-2-6-31/h3,5,7,10,19,31H,2,4,6,8-9,11H2,1H3,(H,26,32). The van der Waals surface area contributed by atoms with E-state index in [-0.39, 0.29) is 31.4 Å².